The number of hydrogen-bond acceptors (Lipinski definition) is 2. The Morgan fingerprint density at radius 3 is 2.29 bits per heavy atom. The van der Waals surface area contributed by atoms with Crippen molar-refractivity contribution in [2.24, 2.45) is 0 Å². The molecular weight excluding hydrogens is 205 g/mol. The molecule has 0 aliphatic rings. The Morgan fingerprint density at radius 2 is 1.93 bits per heavy atom. The van der Waals surface area contributed by atoms with Gasteiger partial charge in [-0.2, -0.15) is 13.2 Å². The maximum atomic E-state index is 11.9. The number of nitrogens with one attached hydrogen (secondary N) is 2. The van der Waals surface area contributed by atoms with Crippen molar-refractivity contribution in [2.45, 2.75) is 19.1 Å². The maximum absolute atomic E-state index is 11.9. The predicted octanol–water partition coefficient (Wildman–Crippen LogP) is 0.321. The fourth-order valence-corrected chi connectivity index (χ4v) is 0.530. The van der Waals surface area contributed by atoms with Crippen LogP contribution in [0.25, 0.3) is 0 Å². The standard InChI is InChI=1S/C6H9F3N2O3/c1-3(6(7,8)9)11-4(12)2-10-5(13)14/h3,10H,2H2,1H3,(H,11,12)(H,13,14). The van der Waals surface area contributed by atoms with Crippen molar-refractivity contribution in [3.63, 3.8) is 0 Å². The van der Waals surface area contributed by atoms with Crippen molar-refractivity contribution in [3.8, 4) is 0 Å². The first-order valence-electron chi connectivity index (χ1n) is 3.56. The van der Waals surface area contributed by atoms with E-state index in [0.717, 1.165) is 6.92 Å². The third-order valence-corrected chi connectivity index (χ3v) is 1.27. The zero-order valence-corrected chi connectivity index (χ0v) is 7.18. The average Bonchev–Trinajstić information content (AvgIpc) is 1.99. The van der Waals surface area contributed by atoms with E-state index in [-0.39, 0.29) is 0 Å². The van der Waals surface area contributed by atoms with Crippen molar-refractivity contribution in [1.82, 2.24) is 10.6 Å². The lowest BCUT2D eigenvalue weighted by Crippen LogP contribution is -2.46. The molecule has 0 fully saturated rings. The SMILES string of the molecule is CC(NC(=O)CNC(=O)O)C(F)(F)F. The number of hydrogen-bond donors (Lipinski definition) is 3. The van der Waals surface area contributed by atoms with Gasteiger partial charge in [-0.1, -0.05) is 0 Å². The van der Waals surface area contributed by atoms with E-state index in [9.17, 15) is 22.8 Å². The van der Waals surface area contributed by atoms with Crippen LogP contribution in [0, 0.1) is 0 Å². The number of halogens is 3. The highest BCUT2D eigenvalue weighted by atomic mass is 19.4. The minimum Gasteiger partial charge on any atom is -0.465 e. The molecule has 0 aliphatic heterocycles. The molecule has 0 saturated carbocycles. The van der Waals surface area contributed by atoms with Gasteiger partial charge in [0.2, 0.25) is 5.91 Å². The van der Waals surface area contributed by atoms with E-state index in [0.29, 0.717) is 0 Å². The van der Waals surface area contributed by atoms with Gasteiger partial charge in [0.05, 0.1) is 0 Å². The molecule has 0 radical (unpaired) electrons. The van der Waals surface area contributed by atoms with Gasteiger partial charge < -0.3 is 15.7 Å². The summed E-state index contributed by atoms with van der Waals surface area (Å²) in [7, 11) is 0. The molecule has 14 heavy (non-hydrogen) atoms. The van der Waals surface area contributed by atoms with Crippen LogP contribution in [0.2, 0.25) is 0 Å². The third kappa shape index (κ3) is 5.22. The van der Waals surface area contributed by atoms with Gasteiger partial charge in [-0.15, -0.1) is 0 Å². The van der Waals surface area contributed by atoms with E-state index < -0.39 is 30.8 Å². The van der Waals surface area contributed by atoms with Gasteiger partial charge in [-0.05, 0) is 6.92 Å². The molecule has 0 aromatic heterocycles. The first kappa shape index (κ1) is 12.5. The van der Waals surface area contributed by atoms with E-state index >= 15 is 0 Å². The van der Waals surface area contributed by atoms with Crippen LogP contribution in [0.5, 0.6) is 0 Å². The Morgan fingerprint density at radius 1 is 1.43 bits per heavy atom. The van der Waals surface area contributed by atoms with Gasteiger partial charge >= 0.3 is 12.3 Å². The molecule has 0 aromatic carbocycles. The number of carbonyl (C=O) groups is 2. The fourth-order valence-electron chi connectivity index (χ4n) is 0.530. The van der Waals surface area contributed by atoms with Crippen LogP contribution in [0.15, 0.2) is 0 Å². The molecule has 0 aromatic rings. The van der Waals surface area contributed by atoms with Gasteiger partial charge in [0.15, 0.2) is 0 Å². The fraction of sp³-hybridized carbons (Fsp3) is 0.667. The van der Waals surface area contributed by atoms with Gasteiger partial charge in [0.1, 0.15) is 12.6 Å². The number of amides is 2. The lowest BCUT2D eigenvalue weighted by atomic mass is 10.3. The van der Waals surface area contributed by atoms with Crippen molar-refractivity contribution in [2.75, 3.05) is 6.54 Å². The Bertz CT molecular complexity index is 229. The molecule has 0 saturated heterocycles. The molecule has 2 amide bonds. The van der Waals surface area contributed by atoms with Crippen LogP contribution in [0.3, 0.4) is 0 Å². The summed E-state index contributed by atoms with van der Waals surface area (Å²) in [6.45, 7) is 0.0639. The number of alkyl halides is 3. The molecule has 0 bridgehead atoms. The summed E-state index contributed by atoms with van der Waals surface area (Å²) in [6.07, 6.45) is -6.00. The molecule has 0 aliphatic carbocycles. The summed E-state index contributed by atoms with van der Waals surface area (Å²) >= 11 is 0. The van der Waals surface area contributed by atoms with Crippen molar-refractivity contribution >= 4 is 12.0 Å². The van der Waals surface area contributed by atoms with Crippen LogP contribution in [-0.2, 0) is 4.79 Å². The monoisotopic (exact) mass is 214 g/mol. The second-order valence-corrected chi connectivity index (χ2v) is 2.49. The predicted molar refractivity (Wildman–Crippen MR) is 39.7 cm³/mol. The molecule has 82 valence electrons. The second-order valence-electron chi connectivity index (χ2n) is 2.49. The summed E-state index contributed by atoms with van der Waals surface area (Å²) in [4.78, 5) is 20.5. The highest BCUT2D eigenvalue weighted by molar-refractivity contribution is 5.81. The minimum atomic E-state index is -4.53. The summed E-state index contributed by atoms with van der Waals surface area (Å²) in [5, 5.41) is 11.3. The summed E-state index contributed by atoms with van der Waals surface area (Å²) in [5.74, 6) is -1.03. The normalized spacial score (nSPS) is 13.1. The van der Waals surface area contributed by atoms with Crippen molar-refractivity contribution in [1.29, 1.82) is 0 Å². The van der Waals surface area contributed by atoms with Gasteiger partial charge in [0, 0.05) is 0 Å². The molecule has 1 unspecified atom stereocenters. The van der Waals surface area contributed by atoms with Gasteiger partial charge in [-0.25, -0.2) is 4.79 Å². The highest BCUT2D eigenvalue weighted by Crippen LogP contribution is 2.19. The quantitative estimate of drug-likeness (QED) is 0.633. The molecule has 0 spiro atoms. The first-order chi connectivity index (χ1) is 6.23. The molecule has 3 N–H and O–H groups in total. The Labute approximate surface area is 77.3 Å². The van der Waals surface area contributed by atoms with Gasteiger partial charge in [0.25, 0.3) is 0 Å². The number of rotatable bonds is 3. The lowest BCUT2D eigenvalue weighted by Gasteiger charge is -2.16. The molecular formula is C6H9F3N2O3. The molecule has 0 rings (SSSR count). The third-order valence-electron chi connectivity index (χ3n) is 1.27. The van der Waals surface area contributed by atoms with E-state index in [2.05, 4.69) is 0 Å². The Kier molecular flexibility index (Phi) is 4.19. The number of carboxylic acid groups (broad SMARTS) is 1. The zero-order chi connectivity index (χ0) is 11.4. The van der Waals surface area contributed by atoms with Gasteiger partial charge in [-0.3, -0.25) is 4.79 Å². The minimum absolute atomic E-state index is 0.699. The highest BCUT2D eigenvalue weighted by Gasteiger charge is 2.36. The van der Waals surface area contributed by atoms with Crippen molar-refractivity contribution in [3.05, 3.63) is 0 Å². The van der Waals surface area contributed by atoms with E-state index in [4.69, 9.17) is 5.11 Å². The molecule has 8 heteroatoms. The van der Waals surface area contributed by atoms with Crippen molar-refractivity contribution < 1.29 is 27.9 Å². The number of carbonyl (C=O) groups excluding carboxylic acids is 1. The van der Waals surface area contributed by atoms with Crippen LogP contribution in [-0.4, -0.2) is 35.9 Å². The second kappa shape index (κ2) is 4.68. The smallest absolute Gasteiger partial charge is 0.408 e. The summed E-state index contributed by atoms with van der Waals surface area (Å²) in [6, 6.07) is -1.99. The van der Waals surface area contributed by atoms with Crippen LogP contribution >= 0.6 is 0 Å². The van der Waals surface area contributed by atoms with E-state index in [1.165, 1.54) is 0 Å². The molecule has 0 heterocycles. The average molecular weight is 214 g/mol. The van der Waals surface area contributed by atoms with E-state index in [1.54, 1.807) is 10.6 Å². The summed E-state index contributed by atoms with van der Waals surface area (Å²) < 4.78 is 35.6. The largest absolute Gasteiger partial charge is 0.465 e. The molecule has 1 atom stereocenters. The van der Waals surface area contributed by atoms with Crippen LogP contribution in [0.4, 0.5) is 18.0 Å². The first-order valence-corrected chi connectivity index (χ1v) is 3.56. The summed E-state index contributed by atoms with van der Waals surface area (Å²) in [5.41, 5.74) is 0. The van der Waals surface area contributed by atoms with Crippen LogP contribution < -0.4 is 10.6 Å². The Hall–Kier alpha value is -1.47. The van der Waals surface area contributed by atoms with E-state index in [1.807, 2.05) is 0 Å². The Balaban J connectivity index is 3.89. The topological polar surface area (TPSA) is 78.4 Å². The van der Waals surface area contributed by atoms with Crippen LogP contribution in [0.1, 0.15) is 6.92 Å². The lowest BCUT2D eigenvalue weighted by molar-refractivity contribution is -0.157. The zero-order valence-electron chi connectivity index (χ0n) is 7.18. The maximum Gasteiger partial charge on any atom is 0.408 e. The molecule has 5 nitrogen and oxygen atoms in total.